The molecule has 0 unspecified atom stereocenters. The average molecular weight is 2410 g/mol. The number of hydrogen-bond acceptors (Lipinski definition) is 16. The molecule has 0 aliphatic heterocycles. The number of para-hydroxylation sites is 4. The van der Waals surface area contributed by atoms with Gasteiger partial charge in [0, 0.05) is 256 Å². The first-order valence-corrected chi connectivity index (χ1v) is 42.5. The number of primary amides is 4. The SMILES string of the molecule is CC(C)N(C)[C@@H](CCC(N)=O)C(=O)N[C@@H](Cc1c[nH]c2ccccc12)C(=O)C(C)(C)C.CC(C)N[C@@H](CCC(N)=O)C(=O)N[C@@H](Cc1c[nH]c2ccccc12)C(=O)C(C)(C)C.CC(C)N[C@@H](CCC(N)=O)C(=S)N[C@@H](Cc1c[nH]c2ccccc12)C(=O)C(C)(C)C.CC(C)N[C@@H](CCC(N)=O)CN[C@@H](Cc1c[nH]c2ccccc12)C(=O)C(C)(C)C.[W].[W].[W].[W]. The summed E-state index contributed by atoms with van der Waals surface area (Å²) in [7, 11) is 1.84. The van der Waals surface area contributed by atoms with Crippen LogP contribution in [0.4, 0.5) is 0 Å². The van der Waals surface area contributed by atoms with Crippen LogP contribution in [0.15, 0.2) is 122 Å². The van der Waals surface area contributed by atoms with Crippen LogP contribution in [0, 0.1) is 21.7 Å². The summed E-state index contributed by atoms with van der Waals surface area (Å²) in [5.41, 5.74) is 27.3. The van der Waals surface area contributed by atoms with E-state index in [4.69, 9.17) is 35.2 Å². The van der Waals surface area contributed by atoms with Crippen LogP contribution in [0.3, 0.4) is 0 Å². The molecule has 8 rings (SSSR count). The van der Waals surface area contributed by atoms with Crippen molar-refractivity contribution >= 4 is 119 Å². The van der Waals surface area contributed by atoms with Gasteiger partial charge >= 0.3 is 0 Å². The van der Waals surface area contributed by atoms with Crippen molar-refractivity contribution in [2.75, 3.05) is 13.6 Å². The van der Waals surface area contributed by atoms with E-state index < -0.39 is 63.7 Å². The number of benzene rings is 4. The summed E-state index contributed by atoms with van der Waals surface area (Å²) in [6.07, 6.45) is 12.1. The number of nitrogens with one attached hydrogen (secondary N) is 11. The van der Waals surface area contributed by atoms with Crippen LogP contribution in [-0.4, -0.2) is 174 Å². The number of likely N-dealkylation sites (N-methyl/N-ethyl adjacent to an activating group) is 1. The van der Waals surface area contributed by atoms with Crippen molar-refractivity contribution in [3.8, 4) is 0 Å². The molecule has 0 fully saturated rings. The Morgan fingerprint density at radius 3 is 0.952 bits per heavy atom. The molecule has 8 aromatic rings. The quantitative estimate of drug-likeness (QED) is 0.0158. The van der Waals surface area contributed by atoms with E-state index in [1.54, 1.807) is 0 Å². The maximum atomic E-state index is 13.3. The van der Waals surface area contributed by atoms with Crippen LogP contribution in [0.2, 0.25) is 0 Å². The molecule has 0 aliphatic rings. The molecule has 0 bridgehead atoms. The number of carbonyl (C=O) groups excluding carboxylic acids is 10. The van der Waals surface area contributed by atoms with Crippen LogP contribution in [-0.2, 0) is 158 Å². The summed E-state index contributed by atoms with van der Waals surface area (Å²) in [5, 5.41) is 27.0. The van der Waals surface area contributed by atoms with Gasteiger partial charge < -0.3 is 80.1 Å². The van der Waals surface area contributed by atoms with E-state index >= 15 is 0 Å². The third kappa shape index (κ3) is 38.1. The molecule has 4 aromatic heterocycles. The van der Waals surface area contributed by atoms with Crippen LogP contribution in [0.25, 0.3) is 43.6 Å². The second-order valence-corrected chi connectivity index (χ2v) is 37.4. The van der Waals surface area contributed by atoms with E-state index in [9.17, 15) is 47.9 Å². The van der Waals surface area contributed by atoms with Crippen LogP contribution >= 0.6 is 12.2 Å². The molecule has 19 N–H and O–H groups in total. The molecule has 26 nitrogen and oxygen atoms in total. The molecule has 31 heteroatoms. The molecule has 0 saturated heterocycles. The zero-order valence-corrected chi connectivity index (χ0v) is 89.1. The van der Waals surface area contributed by atoms with Gasteiger partial charge in [0.15, 0.2) is 23.1 Å². The first-order valence-electron chi connectivity index (χ1n) is 42.1. The molecular weight excluding hydrogens is 2270 g/mol. The number of hydrogen-bond donors (Lipinski definition) is 15. The maximum absolute atomic E-state index is 13.3. The molecule has 0 saturated carbocycles. The molecular formula is C93H140N16O10SW4. The Kier molecular flexibility index (Phi) is 49.8. The number of fused-ring (bicyclic) bond motifs is 4. The topological polar surface area (TPSA) is 425 Å². The number of ketones is 4. The largest absolute Gasteiger partial charge is 0.370 e. The van der Waals surface area contributed by atoms with Crippen molar-refractivity contribution in [1.82, 2.24) is 62.1 Å². The number of aromatic nitrogens is 4. The third-order valence-corrected chi connectivity index (χ3v) is 21.2. The number of H-pyrrole nitrogens is 4. The fraction of sp³-hybridized carbons (Fsp3) is 0.538. The number of amides is 6. The Labute approximate surface area is 797 Å². The van der Waals surface area contributed by atoms with Gasteiger partial charge in [-0.05, 0) is 99.5 Å². The maximum Gasteiger partial charge on any atom is 0.237 e. The molecule has 6 amide bonds. The summed E-state index contributed by atoms with van der Waals surface area (Å²) in [6.45, 7) is 39.3. The third-order valence-electron chi connectivity index (χ3n) is 20.8. The molecule has 0 spiro atoms. The zero-order chi connectivity index (χ0) is 89.9. The Hall–Kier alpha value is -7.02. The van der Waals surface area contributed by atoms with Gasteiger partial charge in [0.05, 0.1) is 47.3 Å². The van der Waals surface area contributed by atoms with Crippen molar-refractivity contribution < 1.29 is 132 Å². The van der Waals surface area contributed by atoms with Crippen molar-refractivity contribution in [3.05, 3.63) is 144 Å². The van der Waals surface area contributed by atoms with Crippen LogP contribution in [0.1, 0.15) is 212 Å². The van der Waals surface area contributed by atoms with Gasteiger partial charge in [-0.15, -0.1) is 0 Å². The monoisotopic (exact) mass is 2410 g/mol. The Bertz CT molecular complexity index is 4590. The van der Waals surface area contributed by atoms with Crippen LogP contribution in [0.5, 0.6) is 0 Å². The Morgan fingerprint density at radius 1 is 0.363 bits per heavy atom. The van der Waals surface area contributed by atoms with E-state index in [1.807, 2.05) is 252 Å². The van der Waals surface area contributed by atoms with Gasteiger partial charge in [0.25, 0.3) is 0 Å². The van der Waals surface area contributed by atoms with Gasteiger partial charge in [-0.25, -0.2) is 0 Å². The summed E-state index contributed by atoms with van der Waals surface area (Å²) in [5.74, 6) is -1.94. The minimum Gasteiger partial charge on any atom is -0.370 e. The molecule has 4 aromatic carbocycles. The fourth-order valence-corrected chi connectivity index (χ4v) is 14.6. The van der Waals surface area contributed by atoms with Crippen LogP contribution < -0.4 is 60.2 Å². The fourth-order valence-electron chi connectivity index (χ4n) is 14.3. The second-order valence-electron chi connectivity index (χ2n) is 36.9. The number of thiocarbonyl (C=S) groups is 1. The van der Waals surface area contributed by atoms with E-state index in [-0.39, 0.29) is 199 Å². The van der Waals surface area contributed by atoms with Gasteiger partial charge in [0.2, 0.25) is 35.4 Å². The second kappa shape index (κ2) is 53.7. The number of carbonyl (C=O) groups is 10. The minimum atomic E-state index is -0.679. The Morgan fingerprint density at radius 2 is 0.637 bits per heavy atom. The first kappa shape index (κ1) is 115. The smallest absolute Gasteiger partial charge is 0.237 e. The van der Waals surface area contributed by atoms with Crippen molar-refractivity contribution in [3.63, 3.8) is 0 Å². The molecule has 124 heavy (non-hydrogen) atoms. The van der Waals surface area contributed by atoms with E-state index in [0.717, 1.165) is 65.9 Å². The average Bonchev–Trinajstić information content (AvgIpc) is 1.65. The standard InChI is InChI=1S/C24H36N4O3.C23H34N4O3.C23H34N4O2S.C23H36N4O2.4W/c1-15(2)28(6)20(11-12-21(25)29)23(31)27-19(22(30)24(3,4)5)13-16-14-26-18-10-8-7-9-17(16)18;2*1-14(2)26-18(10-11-20(24)28)22(30)27-19(21(29)23(3,4)5)12-15-13-25-17-9-7-6-8-16(15)17;1-15(2)27-17(10-11-21(24)28)14-26-20(22(29)23(3,4)5)12-16-13-25-19-9-7-6-8-18(16)19;;;;/h7-10,14-15,19-20,26H,11-13H2,1-6H3,(H2,25,29)(H,27,31);2*6-9,13-14,18-19,25-26H,10-12H2,1-5H3,(H2,24,28)(H,27,30);6-9,13,15,17,20,25-27H,10-12,14H2,1-5H3,(H2,24,28);;;;/t19-,20-;2*18-,19-;17-,20-;;;;/m0000..../s1. The van der Waals surface area contributed by atoms with Crippen molar-refractivity contribution in [2.24, 2.45) is 44.6 Å². The molecule has 0 aliphatic carbocycles. The summed E-state index contributed by atoms with van der Waals surface area (Å²) < 4.78 is 0. The zero-order valence-electron chi connectivity index (χ0n) is 76.5. The van der Waals surface area contributed by atoms with Gasteiger partial charge in [-0.1, -0.05) is 210 Å². The predicted octanol–water partition coefficient (Wildman–Crippen LogP) is 11.4. The minimum absolute atomic E-state index is 0. The number of nitrogens with two attached hydrogens (primary N) is 4. The van der Waals surface area contributed by atoms with E-state index in [2.05, 4.69) is 77.1 Å². The van der Waals surface area contributed by atoms with Gasteiger partial charge in [-0.3, -0.25) is 52.8 Å². The number of rotatable bonds is 41. The number of Topliss-reactive ketones (excluding diaryl/α,β-unsaturated/α-hetero) is 4. The van der Waals surface area contributed by atoms with Gasteiger partial charge in [-0.2, -0.15) is 0 Å². The molecule has 0 radical (unpaired) electrons. The first-order chi connectivity index (χ1) is 56.0. The summed E-state index contributed by atoms with van der Waals surface area (Å²) in [6, 6.07) is 29.1. The van der Waals surface area contributed by atoms with E-state index in [1.165, 1.54) is 0 Å². The van der Waals surface area contributed by atoms with E-state index in [0.29, 0.717) is 62.9 Å². The summed E-state index contributed by atoms with van der Waals surface area (Å²) >= 11 is 5.67. The number of nitrogens with zero attached hydrogens (tertiary/aromatic N) is 1. The molecule has 682 valence electrons. The van der Waals surface area contributed by atoms with Crippen molar-refractivity contribution in [2.45, 2.75) is 288 Å². The number of aromatic amines is 4. The molecule has 4 heterocycles. The Balaban J connectivity index is 0.000000818. The summed E-state index contributed by atoms with van der Waals surface area (Å²) in [4.78, 5) is 140. The predicted molar refractivity (Wildman–Crippen MR) is 488 cm³/mol. The van der Waals surface area contributed by atoms with Crippen molar-refractivity contribution in [1.29, 1.82) is 0 Å². The van der Waals surface area contributed by atoms with Gasteiger partial charge in [0.1, 0.15) is 0 Å². The molecule has 8 atom stereocenters. The normalized spacial score (nSPS) is 13.6.